The maximum atomic E-state index is 12.0. The number of methoxy groups -OCH3 is 1. The molecule has 0 aliphatic carbocycles. The van der Waals surface area contributed by atoms with E-state index in [9.17, 15) is 4.79 Å². The molecule has 0 saturated heterocycles. The molecule has 0 bridgehead atoms. The molecule has 154 valence electrons. The SMILES string of the molecule is CCCc1cc(=O)oc2c(C)c(OCc3nnc(-c4ccc(OC)cc4)o3)ccc12. The van der Waals surface area contributed by atoms with Gasteiger partial charge in [0.2, 0.25) is 5.89 Å². The average Bonchev–Trinajstić information content (AvgIpc) is 3.23. The number of hydrogen-bond acceptors (Lipinski definition) is 7. The molecule has 0 spiro atoms. The molecule has 2 aromatic carbocycles. The minimum absolute atomic E-state index is 0.106. The molecule has 0 aliphatic heterocycles. The van der Waals surface area contributed by atoms with E-state index in [4.69, 9.17) is 18.3 Å². The van der Waals surface area contributed by atoms with Crippen molar-refractivity contribution < 1.29 is 18.3 Å². The van der Waals surface area contributed by atoms with E-state index in [-0.39, 0.29) is 12.2 Å². The van der Waals surface area contributed by atoms with E-state index >= 15 is 0 Å². The third-order valence-corrected chi connectivity index (χ3v) is 4.87. The molecule has 30 heavy (non-hydrogen) atoms. The molecule has 0 saturated carbocycles. The summed E-state index contributed by atoms with van der Waals surface area (Å²) < 4.78 is 22.2. The minimum Gasteiger partial charge on any atom is -0.497 e. The van der Waals surface area contributed by atoms with Crippen molar-refractivity contribution in [3.8, 4) is 23.0 Å². The normalized spacial score (nSPS) is 11.0. The van der Waals surface area contributed by atoms with E-state index in [1.807, 2.05) is 43.3 Å². The number of aromatic nitrogens is 2. The quantitative estimate of drug-likeness (QED) is 0.411. The molecule has 0 aliphatic rings. The largest absolute Gasteiger partial charge is 0.497 e. The molecule has 0 N–H and O–H groups in total. The Balaban J connectivity index is 1.54. The highest BCUT2D eigenvalue weighted by Crippen LogP contribution is 2.29. The molecule has 2 heterocycles. The molecule has 4 aromatic rings. The van der Waals surface area contributed by atoms with Gasteiger partial charge in [-0.2, -0.15) is 0 Å². The van der Waals surface area contributed by atoms with Crippen LogP contribution in [0.15, 0.2) is 56.1 Å². The van der Waals surface area contributed by atoms with Crippen molar-refractivity contribution in [2.45, 2.75) is 33.3 Å². The summed E-state index contributed by atoms with van der Waals surface area (Å²) in [5.74, 6) is 2.11. The van der Waals surface area contributed by atoms with Crippen LogP contribution >= 0.6 is 0 Å². The van der Waals surface area contributed by atoms with Crippen LogP contribution in [0, 0.1) is 6.92 Å². The van der Waals surface area contributed by atoms with Crippen LogP contribution in [0.3, 0.4) is 0 Å². The highest BCUT2D eigenvalue weighted by molar-refractivity contribution is 5.85. The van der Waals surface area contributed by atoms with Crippen LogP contribution in [0.1, 0.15) is 30.4 Å². The predicted octanol–water partition coefficient (Wildman–Crippen LogP) is 4.69. The van der Waals surface area contributed by atoms with E-state index in [1.54, 1.807) is 13.2 Å². The summed E-state index contributed by atoms with van der Waals surface area (Å²) in [4.78, 5) is 12.0. The predicted molar refractivity (Wildman–Crippen MR) is 112 cm³/mol. The van der Waals surface area contributed by atoms with Gasteiger partial charge in [-0.25, -0.2) is 4.79 Å². The number of nitrogens with zero attached hydrogens (tertiary/aromatic N) is 2. The lowest BCUT2D eigenvalue weighted by Gasteiger charge is -2.11. The molecule has 0 fully saturated rings. The van der Waals surface area contributed by atoms with Gasteiger partial charge in [-0.05, 0) is 55.3 Å². The van der Waals surface area contributed by atoms with Crippen molar-refractivity contribution in [3.05, 3.63) is 69.9 Å². The third-order valence-electron chi connectivity index (χ3n) is 4.87. The van der Waals surface area contributed by atoms with Gasteiger partial charge < -0.3 is 18.3 Å². The molecule has 0 unspecified atom stereocenters. The second-order valence-electron chi connectivity index (χ2n) is 6.92. The monoisotopic (exact) mass is 406 g/mol. The average molecular weight is 406 g/mol. The van der Waals surface area contributed by atoms with Crippen molar-refractivity contribution in [2.75, 3.05) is 7.11 Å². The Morgan fingerprint density at radius 2 is 1.83 bits per heavy atom. The first-order valence-electron chi connectivity index (χ1n) is 9.75. The molecule has 0 atom stereocenters. The number of aryl methyl sites for hydroxylation is 2. The summed E-state index contributed by atoms with van der Waals surface area (Å²) in [7, 11) is 1.61. The topological polar surface area (TPSA) is 87.6 Å². The Morgan fingerprint density at radius 3 is 2.57 bits per heavy atom. The first-order chi connectivity index (χ1) is 14.6. The molecular formula is C23H22N2O5. The van der Waals surface area contributed by atoms with Gasteiger partial charge in [0.05, 0.1) is 7.11 Å². The Labute approximate surface area is 173 Å². The Bertz CT molecular complexity index is 1220. The molecule has 4 rings (SSSR count). The van der Waals surface area contributed by atoms with Gasteiger partial charge >= 0.3 is 5.63 Å². The Morgan fingerprint density at radius 1 is 1.03 bits per heavy atom. The van der Waals surface area contributed by atoms with Crippen LogP contribution < -0.4 is 15.1 Å². The number of fused-ring (bicyclic) bond motifs is 1. The molecular weight excluding hydrogens is 384 g/mol. The molecule has 7 heteroatoms. The van der Waals surface area contributed by atoms with Gasteiger partial charge in [0.1, 0.15) is 17.1 Å². The van der Waals surface area contributed by atoms with E-state index in [0.717, 1.165) is 40.7 Å². The first kappa shape index (κ1) is 19.7. The van der Waals surface area contributed by atoms with E-state index in [2.05, 4.69) is 17.1 Å². The summed E-state index contributed by atoms with van der Waals surface area (Å²) in [6, 6.07) is 12.7. The third kappa shape index (κ3) is 3.91. The van der Waals surface area contributed by atoms with Crippen LogP contribution in [-0.4, -0.2) is 17.3 Å². The lowest BCUT2D eigenvalue weighted by atomic mass is 10.0. The highest BCUT2D eigenvalue weighted by Gasteiger charge is 2.14. The van der Waals surface area contributed by atoms with Crippen molar-refractivity contribution in [1.29, 1.82) is 0 Å². The number of benzene rings is 2. The number of hydrogen-bond donors (Lipinski definition) is 0. The summed E-state index contributed by atoms with van der Waals surface area (Å²) >= 11 is 0. The fourth-order valence-electron chi connectivity index (χ4n) is 3.34. The van der Waals surface area contributed by atoms with Gasteiger partial charge in [-0.3, -0.25) is 0 Å². The number of rotatable bonds is 7. The van der Waals surface area contributed by atoms with Crippen molar-refractivity contribution >= 4 is 11.0 Å². The van der Waals surface area contributed by atoms with Crippen molar-refractivity contribution in [1.82, 2.24) is 10.2 Å². The number of ether oxygens (including phenoxy) is 2. The van der Waals surface area contributed by atoms with E-state index < -0.39 is 0 Å². The van der Waals surface area contributed by atoms with Gasteiger partial charge in [-0.1, -0.05) is 13.3 Å². The fourth-order valence-corrected chi connectivity index (χ4v) is 3.34. The molecule has 2 aromatic heterocycles. The van der Waals surface area contributed by atoms with Gasteiger partial charge in [0.15, 0.2) is 6.61 Å². The summed E-state index contributed by atoms with van der Waals surface area (Å²) in [5, 5.41) is 9.05. The van der Waals surface area contributed by atoms with E-state index in [0.29, 0.717) is 23.1 Å². The van der Waals surface area contributed by atoms with Crippen LogP contribution in [0.25, 0.3) is 22.4 Å². The summed E-state index contributed by atoms with van der Waals surface area (Å²) in [5.41, 5.74) is 2.73. The zero-order valence-electron chi connectivity index (χ0n) is 17.1. The second-order valence-corrected chi connectivity index (χ2v) is 6.92. The van der Waals surface area contributed by atoms with Crippen LogP contribution in [0.4, 0.5) is 0 Å². The van der Waals surface area contributed by atoms with Gasteiger partial charge in [0.25, 0.3) is 5.89 Å². The molecule has 0 radical (unpaired) electrons. The van der Waals surface area contributed by atoms with Crippen molar-refractivity contribution in [3.63, 3.8) is 0 Å². The lowest BCUT2D eigenvalue weighted by Crippen LogP contribution is -2.03. The lowest BCUT2D eigenvalue weighted by molar-refractivity contribution is 0.263. The summed E-state index contributed by atoms with van der Waals surface area (Å²) in [6.07, 6.45) is 1.77. The van der Waals surface area contributed by atoms with Crippen LogP contribution in [0.5, 0.6) is 11.5 Å². The zero-order valence-corrected chi connectivity index (χ0v) is 17.1. The Hall–Kier alpha value is -3.61. The maximum absolute atomic E-state index is 12.0. The fraction of sp³-hybridized carbons (Fsp3) is 0.261. The smallest absolute Gasteiger partial charge is 0.336 e. The molecule has 0 amide bonds. The minimum atomic E-state index is -0.354. The van der Waals surface area contributed by atoms with E-state index in [1.165, 1.54) is 0 Å². The maximum Gasteiger partial charge on any atom is 0.336 e. The van der Waals surface area contributed by atoms with Gasteiger partial charge in [-0.15, -0.1) is 10.2 Å². The standard InChI is InChI=1S/C23H22N2O5/c1-4-5-16-12-21(26)30-22-14(2)19(11-10-18(16)22)28-13-20-24-25-23(29-20)15-6-8-17(27-3)9-7-15/h6-12H,4-5,13H2,1-3H3. The van der Waals surface area contributed by atoms with Crippen LogP contribution in [-0.2, 0) is 13.0 Å². The van der Waals surface area contributed by atoms with Crippen LogP contribution in [0.2, 0.25) is 0 Å². The second kappa shape index (κ2) is 8.41. The zero-order chi connectivity index (χ0) is 21.1. The summed E-state index contributed by atoms with van der Waals surface area (Å²) in [6.45, 7) is 4.05. The van der Waals surface area contributed by atoms with Crippen molar-refractivity contribution in [2.24, 2.45) is 0 Å². The highest BCUT2D eigenvalue weighted by atomic mass is 16.5. The van der Waals surface area contributed by atoms with Gasteiger partial charge in [0, 0.05) is 22.6 Å². The first-order valence-corrected chi connectivity index (χ1v) is 9.75. The Kier molecular flexibility index (Phi) is 5.52. The molecule has 7 nitrogen and oxygen atoms in total.